The topological polar surface area (TPSA) is 47.1 Å². The Labute approximate surface area is 220 Å². The Kier molecular flexibility index (Phi) is 9.41. The molecule has 2 aliphatic heterocycles. The number of rotatable bonds is 8. The van der Waals surface area contributed by atoms with Crippen LogP contribution in [0.25, 0.3) is 0 Å². The average Bonchev–Trinajstić information content (AvgIpc) is 2.89. The van der Waals surface area contributed by atoms with Gasteiger partial charge < -0.3 is 14.7 Å². The van der Waals surface area contributed by atoms with Crippen molar-refractivity contribution < 1.29 is 9.59 Å². The summed E-state index contributed by atoms with van der Waals surface area (Å²) in [6.45, 7) is 11.8. The smallest absolute Gasteiger partial charge is 0.230 e. The van der Waals surface area contributed by atoms with Gasteiger partial charge >= 0.3 is 0 Å². The van der Waals surface area contributed by atoms with Crippen LogP contribution in [0.15, 0.2) is 48.5 Å². The SMILES string of the molecule is CC(=O)N1CCC(C(=O)N(CCCN2CCN(Cc3ccccc3)CC2)c2ccc(C)c(Cl)c2)CC1. The first-order valence-electron chi connectivity index (χ1n) is 13.2. The van der Waals surface area contributed by atoms with E-state index in [0.717, 1.165) is 69.8 Å². The fourth-order valence-corrected chi connectivity index (χ4v) is 5.42. The number of likely N-dealkylation sites (tertiary alicyclic amines) is 1. The number of halogens is 1. The summed E-state index contributed by atoms with van der Waals surface area (Å²) in [4.78, 5) is 34.1. The molecule has 2 fully saturated rings. The number of carbonyl (C=O) groups excluding carboxylic acids is 2. The number of hydrogen-bond donors (Lipinski definition) is 0. The lowest BCUT2D eigenvalue weighted by atomic mass is 9.94. The molecule has 36 heavy (non-hydrogen) atoms. The minimum Gasteiger partial charge on any atom is -0.343 e. The van der Waals surface area contributed by atoms with Gasteiger partial charge in [-0.3, -0.25) is 14.5 Å². The molecule has 2 saturated heterocycles. The van der Waals surface area contributed by atoms with Gasteiger partial charge in [-0.2, -0.15) is 0 Å². The van der Waals surface area contributed by atoms with Crippen molar-refractivity contribution in [2.45, 2.75) is 39.7 Å². The Morgan fingerprint density at radius 1 is 0.944 bits per heavy atom. The van der Waals surface area contributed by atoms with E-state index in [4.69, 9.17) is 11.6 Å². The zero-order valence-electron chi connectivity index (χ0n) is 21.7. The molecule has 0 radical (unpaired) electrons. The van der Waals surface area contributed by atoms with Crippen LogP contribution in [0.4, 0.5) is 5.69 Å². The molecule has 0 saturated carbocycles. The number of aryl methyl sites for hydroxylation is 1. The van der Waals surface area contributed by atoms with Crippen LogP contribution in [0.3, 0.4) is 0 Å². The highest BCUT2D eigenvalue weighted by Gasteiger charge is 2.30. The Morgan fingerprint density at radius 2 is 1.61 bits per heavy atom. The summed E-state index contributed by atoms with van der Waals surface area (Å²) in [7, 11) is 0. The predicted octanol–water partition coefficient (Wildman–Crippen LogP) is 4.45. The molecule has 0 aromatic heterocycles. The minimum atomic E-state index is -0.0535. The van der Waals surface area contributed by atoms with Gasteiger partial charge in [0.05, 0.1) is 0 Å². The normalized spacial score (nSPS) is 17.8. The highest BCUT2D eigenvalue weighted by molar-refractivity contribution is 6.31. The summed E-state index contributed by atoms with van der Waals surface area (Å²) >= 11 is 6.43. The largest absolute Gasteiger partial charge is 0.343 e. The molecular weight excluding hydrogens is 472 g/mol. The van der Waals surface area contributed by atoms with E-state index in [1.807, 2.05) is 34.9 Å². The van der Waals surface area contributed by atoms with Crippen LogP contribution in [-0.4, -0.2) is 78.9 Å². The van der Waals surface area contributed by atoms with E-state index >= 15 is 0 Å². The highest BCUT2D eigenvalue weighted by Crippen LogP contribution is 2.27. The Hall–Kier alpha value is -2.41. The molecule has 2 aliphatic rings. The summed E-state index contributed by atoms with van der Waals surface area (Å²) in [5, 5.41) is 0.686. The van der Waals surface area contributed by atoms with E-state index in [-0.39, 0.29) is 17.7 Å². The van der Waals surface area contributed by atoms with Crippen molar-refractivity contribution in [3.63, 3.8) is 0 Å². The lowest BCUT2D eigenvalue weighted by Gasteiger charge is -2.36. The monoisotopic (exact) mass is 510 g/mol. The Morgan fingerprint density at radius 3 is 2.25 bits per heavy atom. The molecule has 2 amide bonds. The third-order valence-electron chi connectivity index (χ3n) is 7.59. The summed E-state index contributed by atoms with van der Waals surface area (Å²) in [5.41, 5.74) is 3.25. The maximum absolute atomic E-state index is 13.6. The highest BCUT2D eigenvalue weighted by atomic mass is 35.5. The van der Waals surface area contributed by atoms with Gasteiger partial charge in [-0.25, -0.2) is 0 Å². The molecule has 0 bridgehead atoms. The molecule has 0 unspecified atom stereocenters. The van der Waals surface area contributed by atoms with Crippen LogP contribution in [0.5, 0.6) is 0 Å². The van der Waals surface area contributed by atoms with Crippen LogP contribution >= 0.6 is 11.6 Å². The van der Waals surface area contributed by atoms with Gasteiger partial charge in [0.1, 0.15) is 0 Å². The molecular formula is C29H39ClN4O2. The first kappa shape index (κ1) is 26.6. The van der Waals surface area contributed by atoms with Crippen molar-refractivity contribution >= 4 is 29.1 Å². The number of amides is 2. The molecule has 0 N–H and O–H groups in total. The fourth-order valence-electron chi connectivity index (χ4n) is 5.24. The predicted molar refractivity (Wildman–Crippen MR) is 146 cm³/mol. The van der Waals surface area contributed by atoms with Crippen LogP contribution in [0, 0.1) is 12.8 Å². The van der Waals surface area contributed by atoms with Crippen LogP contribution < -0.4 is 4.90 Å². The third-order valence-corrected chi connectivity index (χ3v) is 8.00. The maximum atomic E-state index is 13.6. The Bertz CT molecular complexity index is 1020. The van der Waals surface area contributed by atoms with E-state index < -0.39 is 0 Å². The van der Waals surface area contributed by atoms with Crippen molar-refractivity contribution in [1.82, 2.24) is 14.7 Å². The fraction of sp³-hybridized carbons (Fsp3) is 0.517. The molecule has 2 aromatic rings. The van der Waals surface area contributed by atoms with Crippen molar-refractivity contribution in [2.24, 2.45) is 5.92 Å². The van der Waals surface area contributed by atoms with Crippen molar-refractivity contribution in [3.05, 3.63) is 64.7 Å². The number of nitrogens with zero attached hydrogens (tertiary/aromatic N) is 4. The van der Waals surface area contributed by atoms with Gasteiger partial charge in [0.25, 0.3) is 0 Å². The van der Waals surface area contributed by atoms with Crippen LogP contribution in [-0.2, 0) is 16.1 Å². The van der Waals surface area contributed by atoms with Crippen molar-refractivity contribution in [3.8, 4) is 0 Å². The van der Waals surface area contributed by atoms with Crippen LogP contribution in [0.1, 0.15) is 37.3 Å². The number of carbonyl (C=O) groups is 2. The summed E-state index contributed by atoms with van der Waals surface area (Å²) in [6, 6.07) is 16.6. The minimum absolute atomic E-state index is 0.0535. The average molecular weight is 511 g/mol. The number of hydrogen-bond acceptors (Lipinski definition) is 4. The number of piperazine rings is 1. The Balaban J connectivity index is 1.31. The van der Waals surface area contributed by atoms with Gasteiger partial charge in [0.15, 0.2) is 0 Å². The third kappa shape index (κ3) is 7.09. The molecule has 194 valence electrons. The van der Waals surface area contributed by atoms with Gasteiger partial charge in [0.2, 0.25) is 11.8 Å². The van der Waals surface area contributed by atoms with E-state index in [0.29, 0.717) is 24.7 Å². The van der Waals surface area contributed by atoms with Crippen molar-refractivity contribution in [1.29, 1.82) is 0 Å². The molecule has 7 heteroatoms. The second kappa shape index (κ2) is 12.7. The zero-order valence-corrected chi connectivity index (χ0v) is 22.4. The van der Waals surface area contributed by atoms with Gasteiger partial charge in [-0.15, -0.1) is 0 Å². The first-order valence-corrected chi connectivity index (χ1v) is 13.6. The van der Waals surface area contributed by atoms with E-state index in [1.54, 1.807) is 6.92 Å². The standard InChI is InChI=1S/C29H39ClN4O2/c1-23-9-10-27(21-28(23)30)34(29(36)26-11-15-33(16-12-26)24(2)35)14-6-13-31-17-19-32(20-18-31)22-25-7-4-3-5-8-25/h3-5,7-10,21,26H,6,11-20,22H2,1-2H3. The number of anilines is 1. The van der Waals surface area contributed by atoms with Gasteiger partial charge in [0, 0.05) is 75.9 Å². The number of piperidine rings is 1. The maximum Gasteiger partial charge on any atom is 0.230 e. The lowest BCUT2D eigenvalue weighted by molar-refractivity contribution is -0.133. The summed E-state index contributed by atoms with van der Waals surface area (Å²) in [5.74, 6) is 0.194. The van der Waals surface area contributed by atoms with Crippen molar-refractivity contribution in [2.75, 3.05) is 57.3 Å². The van der Waals surface area contributed by atoms with Gasteiger partial charge in [-0.05, 0) is 56.0 Å². The second-order valence-electron chi connectivity index (χ2n) is 10.2. The van der Waals surface area contributed by atoms with E-state index in [1.165, 1.54) is 5.56 Å². The zero-order chi connectivity index (χ0) is 25.5. The molecule has 0 spiro atoms. The van der Waals surface area contributed by atoms with Crippen LogP contribution in [0.2, 0.25) is 5.02 Å². The van der Waals surface area contributed by atoms with E-state index in [9.17, 15) is 9.59 Å². The summed E-state index contributed by atoms with van der Waals surface area (Å²) in [6.07, 6.45) is 2.36. The molecule has 0 atom stereocenters. The molecule has 0 aliphatic carbocycles. The summed E-state index contributed by atoms with van der Waals surface area (Å²) < 4.78 is 0. The lowest BCUT2D eigenvalue weighted by Crippen LogP contribution is -2.47. The van der Waals surface area contributed by atoms with Gasteiger partial charge in [-0.1, -0.05) is 48.0 Å². The first-order chi connectivity index (χ1) is 17.4. The molecule has 2 heterocycles. The molecule has 4 rings (SSSR count). The quantitative estimate of drug-likeness (QED) is 0.526. The number of benzene rings is 2. The van der Waals surface area contributed by atoms with E-state index in [2.05, 4.69) is 40.1 Å². The molecule has 6 nitrogen and oxygen atoms in total. The molecule has 2 aromatic carbocycles. The second-order valence-corrected chi connectivity index (χ2v) is 10.6.